The first-order valence-corrected chi connectivity index (χ1v) is 10.7. The fourth-order valence-electron chi connectivity index (χ4n) is 7.27. The third kappa shape index (κ3) is 2.46. The third-order valence-corrected chi connectivity index (χ3v) is 8.59. The van der Waals surface area contributed by atoms with Gasteiger partial charge in [0.15, 0.2) is 0 Å². The first kappa shape index (κ1) is 19.9. The molecule has 0 bridgehead atoms. The number of hydrogen-bond donors (Lipinski definition) is 3. The molecule has 0 heterocycles. The van der Waals surface area contributed by atoms with Gasteiger partial charge in [0.1, 0.15) is 0 Å². The van der Waals surface area contributed by atoms with E-state index in [1.807, 2.05) is 6.92 Å². The predicted molar refractivity (Wildman–Crippen MR) is 101 cm³/mol. The highest BCUT2D eigenvalue weighted by molar-refractivity contribution is 5.78. The van der Waals surface area contributed by atoms with Gasteiger partial charge in [-0.2, -0.15) is 0 Å². The number of aliphatic hydroxyl groups excluding tert-OH is 1. The molecule has 28 heavy (non-hydrogen) atoms. The van der Waals surface area contributed by atoms with Gasteiger partial charge in [0.2, 0.25) is 0 Å². The van der Waals surface area contributed by atoms with Crippen LogP contribution in [0, 0.1) is 28.6 Å². The topological polar surface area (TPSA) is 104 Å². The first-order valence-electron chi connectivity index (χ1n) is 10.7. The van der Waals surface area contributed by atoms with Crippen LogP contribution in [0.5, 0.6) is 0 Å². The van der Waals surface area contributed by atoms with Crippen molar-refractivity contribution < 1.29 is 29.6 Å². The van der Waals surface area contributed by atoms with Crippen LogP contribution in [0.1, 0.15) is 65.2 Å². The van der Waals surface area contributed by atoms with Crippen molar-refractivity contribution in [3.8, 4) is 0 Å². The second-order valence-electron chi connectivity index (χ2n) is 9.61. The highest BCUT2D eigenvalue weighted by atomic mass is 16.5. The van der Waals surface area contributed by atoms with Crippen LogP contribution in [-0.4, -0.2) is 45.6 Å². The molecule has 6 heteroatoms. The predicted octanol–water partition coefficient (Wildman–Crippen LogP) is 2.67. The van der Waals surface area contributed by atoms with Gasteiger partial charge in [-0.15, -0.1) is 0 Å². The number of aliphatic hydroxyl groups is 2. The number of allylic oxidation sites excluding steroid dienone is 2. The van der Waals surface area contributed by atoms with Gasteiger partial charge in [0.25, 0.3) is 0 Å². The molecule has 0 unspecified atom stereocenters. The lowest BCUT2D eigenvalue weighted by Crippen LogP contribution is -2.66. The lowest BCUT2D eigenvalue weighted by Gasteiger charge is -2.61. The molecule has 0 aliphatic heterocycles. The number of hydrogen-bond acceptors (Lipinski definition) is 5. The Morgan fingerprint density at radius 3 is 2.64 bits per heavy atom. The average molecular weight is 392 g/mol. The average Bonchev–Trinajstić information content (AvgIpc) is 2.98. The van der Waals surface area contributed by atoms with Gasteiger partial charge >= 0.3 is 11.9 Å². The Kier molecular flexibility index (Phi) is 4.66. The Bertz CT molecular complexity index is 716. The second-order valence-corrected chi connectivity index (χ2v) is 9.61. The number of carboxylic acids is 1. The number of esters is 1. The zero-order valence-corrected chi connectivity index (χ0v) is 16.8. The summed E-state index contributed by atoms with van der Waals surface area (Å²) in [5, 5.41) is 31.8. The van der Waals surface area contributed by atoms with Crippen LogP contribution in [0.2, 0.25) is 0 Å². The van der Waals surface area contributed by atoms with Crippen molar-refractivity contribution in [3.05, 3.63) is 11.6 Å². The fraction of sp³-hybridized carbons (Fsp3) is 0.818. The third-order valence-electron chi connectivity index (χ3n) is 8.59. The number of ether oxygens (including phenoxy) is 1. The van der Waals surface area contributed by atoms with Gasteiger partial charge < -0.3 is 20.1 Å². The Hall–Kier alpha value is -1.40. The summed E-state index contributed by atoms with van der Waals surface area (Å²) >= 11 is 0. The van der Waals surface area contributed by atoms with E-state index < -0.39 is 23.1 Å². The summed E-state index contributed by atoms with van der Waals surface area (Å²) in [6.07, 6.45) is 5.54. The SMILES string of the molecule is CCOC(=O)[C@@H]1CC=C2[C@@H]3CC[C@]4(O)C[C@H](O)CC[C@]4(C(=O)O)[C@H]3CC[C@@]21C. The molecule has 0 aromatic rings. The zero-order chi connectivity index (χ0) is 20.3. The Morgan fingerprint density at radius 2 is 1.96 bits per heavy atom. The molecule has 4 aliphatic carbocycles. The molecule has 3 N–H and O–H groups in total. The van der Waals surface area contributed by atoms with Crippen molar-refractivity contribution in [3.63, 3.8) is 0 Å². The molecular weight excluding hydrogens is 360 g/mol. The van der Waals surface area contributed by atoms with Crippen molar-refractivity contribution in [2.45, 2.75) is 76.9 Å². The summed E-state index contributed by atoms with van der Waals surface area (Å²) < 4.78 is 5.31. The minimum Gasteiger partial charge on any atom is -0.481 e. The molecule has 6 nitrogen and oxygen atoms in total. The van der Waals surface area contributed by atoms with Crippen LogP contribution < -0.4 is 0 Å². The molecule has 3 saturated carbocycles. The number of carboxylic acid groups (broad SMARTS) is 1. The van der Waals surface area contributed by atoms with Crippen LogP contribution >= 0.6 is 0 Å². The van der Waals surface area contributed by atoms with Gasteiger partial charge in [0, 0.05) is 11.8 Å². The van der Waals surface area contributed by atoms with Crippen LogP contribution in [0.4, 0.5) is 0 Å². The molecule has 0 spiro atoms. The fourth-order valence-corrected chi connectivity index (χ4v) is 7.27. The van der Waals surface area contributed by atoms with E-state index >= 15 is 0 Å². The van der Waals surface area contributed by atoms with Gasteiger partial charge in [0.05, 0.1) is 29.6 Å². The summed E-state index contributed by atoms with van der Waals surface area (Å²) in [6.45, 7) is 4.31. The largest absolute Gasteiger partial charge is 0.481 e. The van der Waals surface area contributed by atoms with E-state index in [0.717, 1.165) is 6.42 Å². The molecule has 156 valence electrons. The Labute approximate surface area is 166 Å². The van der Waals surface area contributed by atoms with E-state index in [-0.39, 0.29) is 35.6 Å². The second kappa shape index (κ2) is 6.56. The van der Waals surface area contributed by atoms with Gasteiger partial charge in [-0.3, -0.25) is 9.59 Å². The van der Waals surface area contributed by atoms with E-state index in [9.17, 15) is 24.9 Å². The van der Waals surface area contributed by atoms with E-state index in [1.54, 1.807) is 0 Å². The maximum absolute atomic E-state index is 12.6. The summed E-state index contributed by atoms with van der Waals surface area (Å²) in [5.74, 6) is -1.36. The first-order chi connectivity index (χ1) is 13.2. The van der Waals surface area contributed by atoms with Gasteiger partial charge in [-0.1, -0.05) is 18.6 Å². The highest BCUT2D eigenvalue weighted by Crippen LogP contribution is 2.67. The highest BCUT2D eigenvalue weighted by Gasteiger charge is 2.68. The molecule has 0 aromatic carbocycles. The van der Waals surface area contributed by atoms with Crippen molar-refractivity contribution >= 4 is 11.9 Å². The maximum atomic E-state index is 12.6. The van der Waals surface area contributed by atoms with Gasteiger partial charge in [-0.05, 0) is 63.7 Å². The summed E-state index contributed by atoms with van der Waals surface area (Å²) in [4.78, 5) is 25.1. The van der Waals surface area contributed by atoms with Crippen LogP contribution in [0.25, 0.3) is 0 Å². The smallest absolute Gasteiger partial charge is 0.312 e. The summed E-state index contributed by atoms with van der Waals surface area (Å²) in [6, 6.07) is 0. The number of aliphatic carboxylic acids is 1. The minimum atomic E-state index is -1.36. The number of carbonyl (C=O) groups is 2. The van der Waals surface area contributed by atoms with E-state index in [1.165, 1.54) is 5.57 Å². The number of rotatable bonds is 3. The lowest BCUT2D eigenvalue weighted by atomic mass is 9.43. The number of fused-ring (bicyclic) bond motifs is 5. The molecule has 4 aliphatic rings. The molecule has 3 fully saturated rings. The Balaban J connectivity index is 1.69. The maximum Gasteiger partial charge on any atom is 0.312 e. The Morgan fingerprint density at radius 1 is 1.21 bits per heavy atom. The monoisotopic (exact) mass is 392 g/mol. The number of carbonyl (C=O) groups excluding carboxylic acids is 1. The lowest BCUT2D eigenvalue weighted by molar-refractivity contribution is -0.223. The molecule has 0 aromatic heterocycles. The quantitative estimate of drug-likeness (QED) is 0.504. The minimum absolute atomic E-state index is 0.0739. The summed E-state index contributed by atoms with van der Waals surface area (Å²) in [5.41, 5.74) is -1.64. The van der Waals surface area contributed by atoms with Crippen molar-refractivity contribution in [2.75, 3.05) is 6.61 Å². The van der Waals surface area contributed by atoms with Crippen molar-refractivity contribution in [2.24, 2.45) is 28.6 Å². The standard InChI is InChI=1S/C22H32O6/c1-3-28-18(24)17-5-4-15-14-7-10-21(27)12-13(23)6-11-22(21,19(25)26)16(14)8-9-20(15,17)2/h4,13-14,16-17,23,27H,3,5-12H2,1-2H3,(H,25,26)/t13-,14+,16+,17+,20+,21+,22-/m1/s1. The zero-order valence-electron chi connectivity index (χ0n) is 16.8. The molecule has 7 atom stereocenters. The molecular formula is C22H32O6. The van der Waals surface area contributed by atoms with Crippen molar-refractivity contribution in [1.29, 1.82) is 0 Å². The van der Waals surface area contributed by atoms with Crippen molar-refractivity contribution in [1.82, 2.24) is 0 Å². The summed E-state index contributed by atoms with van der Waals surface area (Å²) in [7, 11) is 0. The van der Waals surface area contributed by atoms with Crippen LogP contribution in [-0.2, 0) is 14.3 Å². The molecule has 0 radical (unpaired) electrons. The van der Waals surface area contributed by atoms with Gasteiger partial charge in [-0.25, -0.2) is 0 Å². The van der Waals surface area contributed by atoms with E-state index in [0.29, 0.717) is 45.1 Å². The normalized spacial score (nSPS) is 47.4. The van der Waals surface area contributed by atoms with Crippen LogP contribution in [0.3, 0.4) is 0 Å². The van der Waals surface area contributed by atoms with E-state index in [4.69, 9.17) is 4.74 Å². The molecule has 4 rings (SSSR count). The van der Waals surface area contributed by atoms with E-state index in [2.05, 4.69) is 13.0 Å². The molecule has 0 amide bonds. The molecule has 0 saturated heterocycles. The van der Waals surface area contributed by atoms with Crippen LogP contribution in [0.15, 0.2) is 11.6 Å².